The summed E-state index contributed by atoms with van der Waals surface area (Å²) in [5, 5.41) is 6.01. The number of ether oxygens (including phenoxy) is 1. The normalized spacial score (nSPS) is 11.3. The van der Waals surface area contributed by atoms with Gasteiger partial charge >= 0.3 is 0 Å². The van der Waals surface area contributed by atoms with Crippen molar-refractivity contribution in [3.05, 3.63) is 108 Å². The second kappa shape index (κ2) is 8.92. The molecule has 0 aliphatic rings. The van der Waals surface area contributed by atoms with E-state index >= 15 is 0 Å². The molecule has 6 nitrogen and oxygen atoms in total. The molecule has 0 saturated carbocycles. The molecule has 5 rings (SSSR count). The minimum Gasteiger partial charge on any atom is -0.489 e. The second-order valence-electron chi connectivity index (χ2n) is 7.47. The van der Waals surface area contributed by atoms with E-state index in [1.54, 1.807) is 30.5 Å². The van der Waals surface area contributed by atoms with Crippen LogP contribution in [0.3, 0.4) is 0 Å². The van der Waals surface area contributed by atoms with Gasteiger partial charge in [-0.3, -0.25) is 4.79 Å². The lowest BCUT2D eigenvalue weighted by atomic mass is 10.1. The number of aromatic amines is 1. The number of nitrogens with one attached hydrogen (secondary N) is 2. The molecule has 33 heavy (non-hydrogen) atoms. The van der Waals surface area contributed by atoms with Gasteiger partial charge in [0.2, 0.25) is 0 Å². The minimum atomic E-state index is -0.401. The number of benzene rings is 3. The summed E-state index contributed by atoms with van der Waals surface area (Å²) in [4.78, 5) is 20.1. The molecule has 0 aliphatic heterocycles. The molecule has 1 amide bonds. The van der Waals surface area contributed by atoms with Crippen LogP contribution in [0.2, 0.25) is 0 Å². The lowest BCUT2D eigenvalue weighted by molar-refractivity contribution is 0.0950. The number of hydrogen-bond acceptors (Lipinski definition) is 4. The van der Waals surface area contributed by atoms with E-state index in [9.17, 15) is 9.18 Å². The van der Waals surface area contributed by atoms with Gasteiger partial charge in [0, 0.05) is 16.3 Å². The third-order valence-electron chi connectivity index (χ3n) is 5.18. The molecule has 7 heteroatoms. The molecule has 2 N–H and O–H groups in total. The number of rotatable bonds is 6. The molecular formula is C26H19FN4O2. The van der Waals surface area contributed by atoms with E-state index in [1.165, 1.54) is 18.3 Å². The Labute approximate surface area is 188 Å². The number of carbonyl (C=O) groups excluding carboxylic acids is 1. The number of aromatic nitrogens is 2. The smallest absolute Gasteiger partial charge is 0.289 e. The van der Waals surface area contributed by atoms with Crippen molar-refractivity contribution in [1.82, 2.24) is 15.4 Å². The van der Waals surface area contributed by atoms with Crippen LogP contribution >= 0.6 is 0 Å². The van der Waals surface area contributed by atoms with Crippen molar-refractivity contribution >= 4 is 33.9 Å². The van der Waals surface area contributed by atoms with Crippen LogP contribution in [-0.4, -0.2) is 22.1 Å². The quantitative estimate of drug-likeness (QED) is 0.283. The number of H-pyrrole nitrogens is 1. The van der Waals surface area contributed by atoms with Crippen LogP contribution < -0.4 is 10.2 Å². The molecule has 0 unspecified atom stereocenters. The van der Waals surface area contributed by atoms with Gasteiger partial charge in [-0.05, 0) is 47.5 Å². The number of pyridine rings is 1. The first-order valence-electron chi connectivity index (χ1n) is 10.3. The summed E-state index contributed by atoms with van der Waals surface area (Å²) in [7, 11) is 0. The van der Waals surface area contributed by atoms with Crippen LogP contribution in [-0.2, 0) is 6.61 Å². The van der Waals surface area contributed by atoms with Gasteiger partial charge in [-0.15, -0.1) is 0 Å². The Bertz CT molecular complexity index is 1480. The Kier molecular flexibility index (Phi) is 5.51. The van der Waals surface area contributed by atoms with Crippen LogP contribution in [0.4, 0.5) is 4.39 Å². The molecule has 0 atom stereocenters. The maximum Gasteiger partial charge on any atom is 0.289 e. The van der Waals surface area contributed by atoms with Crippen LogP contribution in [0.5, 0.6) is 5.75 Å². The average Bonchev–Trinajstić information content (AvgIpc) is 3.22. The fraction of sp³-hybridized carbons (Fsp3) is 0.0385. The SMILES string of the molecule is O=C(N/N=C/c1cccc(OCc2ccc(F)cc2)c1)c1cc2c(cn1)[nH]c1ccccc12. The van der Waals surface area contributed by atoms with E-state index in [0.29, 0.717) is 12.4 Å². The molecule has 2 heterocycles. The van der Waals surface area contributed by atoms with Crippen LogP contribution in [0, 0.1) is 5.82 Å². The predicted molar refractivity (Wildman–Crippen MR) is 126 cm³/mol. The zero-order valence-electron chi connectivity index (χ0n) is 17.5. The third kappa shape index (κ3) is 4.57. The van der Waals surface area contributed by atoms with E-state index in [1.807, 2.05) is 42.5 Å². The van der Waals surface area contributed by atoms with E-state index in [-0.39, 0.29) is 11.5 Å². The van der Waals surface area contributed by atoms with Crippen molar-refractivity contribution in [2.24, 2.45) is 5.10 Å². The fourth-order valence-corrected chi connectivity index (χ4v) is 3.53. The zero-order valence-corrected chi connectivity index (χ0v) is 17.5. The number of hydrogen-bond donors (Lipinski definition) is 2. The number of para-hydroxylation sites is 1. The highest BCUT2D eigenvalue weighted by atomic mass is 19.1. The van der Waals surface area contributed by atoms with Gasteiger partial charge in [0.15, 0.2) is 0 Å². The molecular weight excluding hydrogens is 419 g/mol. The maximum atomic E-state index is 13.0. The number of halogens is 1. The van der Waals surface area contributed by atoms with E-state index < -0.39 is 5.91 Å². The highest BCUT2D eigenvalue weighted by Crippen LogP contribution is 2.25. The van der Waals surface area contributed by atoms with Crippen LogP contribution in [0.25, 0.3) is 21.8 Å². The lowest BCUT2D eigenvalue weighted by Crippen LogP contribution is -2.18. The van der Waals surface area contributed by atoms with Gasteiger partial charge in [-0.2, -0.15) is 5.10 Å². The predicted octanol–water partition coefficient (Wildman–Crippen LogP) is 5.20. The number of amides is 1. The summed E-state index contributed by atoms with van der Waals surface area (Å²) >= 11 is 0. The van der Waals surface area contributed by atoms with Crippen molar-refractivity contribution < 1.29 is 13.9 Å². The first-order valence-corrected chi connectivity index (χ1v) is 10.3. The van der Waals surface area contributed by atoms with Crippen LogP contribution in [0.1, 0.15) is 21.6 Å². The van der Waals surface area contributed by atoms with Crippen molar-refractivity contribution in [3.63, 3.8) is 0 Å². The van der Waals surface area contributed by atoms with Crippen molar-refractivity contribution in [2.75, 3.05) is 0 Å². The summed E-state index contributed by atoms with van der Waals surface area (Å²) in [6, 6.07) is 23.1. The monoisotopic (exact) mass is 438 g/mol. The topological polar surface area (TPSA) is 79.4 Å². The standard InChI is InChI=1S/C26H19FN4O2/c27-19-10-8-17(9-11-19)16-33-20-5-3-4-18(12-20)14-29-31-26(32)24-13-22-21-6-1-2-7-23(21)30-25(22)15-28-24/h1-15,30H,16H2,(H,31,32)/b29-14+. The third-order valence-corrected chi connectivity index (χ3v) is 5.18. The summed E-state index contributed by atoms with van der Waals surface area (Å²) in [6.07, 6.45) is 3.18. The van der Waals surface area contributed by atoms with Gasteiger partial charge in [0.1, 0.15) is 23.9 Å². The van der Waals surface area contributed by atoms with E-state index in [0.717, 1.165) is 32.9 Å². The fourth-order valence-electron chi connectivity index (χ4n) is 3.53. The summed E-state index contributed by atoms with van der Waals surface area (Å²) in [5.41, 5.74) is 6.28. The lowest BCUT2D eigenvalue weighted by Gasteiger charge is -2.07. The Hall–Kier alpha value is -4.52. The number of carbonyl (C=O) groups is 1. The largest absolute Gasteiger partial charge is 0.489 e. The van der Waals surface area contributed by atoms with Gasteiger partial charge in [-0.1, -0.05) is 42.5 Å². The second-order valence-corrected chi connectivity index (χ2v) is 7.47. The summed E-state index contributed by atoms with van der Waals surface area (Å²) < 4.78 is 18.8. The van der Waals surface area contributed by atoms with Crippen molar-refractivity contribution in [1.29, 1.82) is 0 Å². The average molecular weight is 438 g/mol. The molecule has 162 valence electrons. The Morgan fingerprint density at radius 3 is 2.73 bits per heavy atom. The first-order chi connectivity index (χ1) is 16.2. The highest BCUT2D eigenvalue weighted by Gasteiger charge is 2.10. The molecule has 0 bridgehead atoms. The minimum absolute atomic E-state index is 0.279. The molecule has 0 radical (unpaired) electrons. The summed E-state index contributed by atoms with van der Waals surface area (Å²) in [5.74, 6) is -0.0428. The first kappa shape index (κ1) is 20.4. The Morgan fingerprint density at radius 1 is 1.00 bits per heavy atom. The van der Waals surface area contributed by atoms with E-state index in [2.05, 4.69) is 20.5 Å². The van der Waals surface area contributed by atoms with Gasteiger partial charge in [-0.25, -0.2) is 14.8 Å². The molecule has 0 saturated heterocycles. The van der Waals surface area contributed by atoms with Crippen molar-refractivity contribution in [3.8, 4) is 5.75 Å². The summed E-state index contributed by atoms with van der Waals surface area (Å²) in [6.45, 7) is 0.319. The zero-order chi connectivity index (χ0) is 22.6. The molecule has 0 aliphatic carbocycles. The number of nitrogens with zero attached hydrogens (tertiary/aromatic N) is 2. The number of fused-ring (bicyclic) bond motifs is 3. The molecule has 5 aromatic rings. The maximum absolute atomic E-state index is 13.0. The van der Waals surface area contributed by atoms with Gasteiger partial charge in [0.05, 0.1) is 17.9 Å². The number of hydrazone groups is 1. The Balaban J connectivity index is 1.24. The van der Waals surface area contributed by atoms with Crippen LogP contribution in [0.15, 0.2) is 90.2 Å². The van der Waals surface area contributed by atoms with E-state index in [4.69, 9.17) is 4.74 Å². The molecule has 2 aromatic heterocycles. The highest BCUT2D eigenvalue weighted by molar-refractivity contribution is 6.09. The van der Waals surface area contributed by atoms with Crippen molar-refractivity contribution in [2.45, 2.75) is 6.61 Å². The van der Waals surface area contributed by atoms with Gasteiger partial charge < -0.3 is 9.72 Å². The Morgan fingerprint density at radius 2 is 1.85 bits per heavy atom. The molecule has 3 aromatic carbocycles. The van der Waals surface area contributed by atoms with Gasteiger partial charge in [0.25, 0.3) is 5.91 Å². The molecule has 0 fully saturated rings. The molecule has 0 spiro atoms.